The van der Waals surface area contributed by atoms with Gasteiger partial charge in [-0.25, -0.2) is 4.98 Å². The topological polar surface area (TPSA) is 42.1 Å². The van der Waals surface area contributed by atoms with Crippen LogP contribution in [-0.4, -0.2) is 24.1 Å². The third-order valence-corrected chi connectivity index (χ3v) is 5.74. The molecular weight excluding hydrogens is 254 g/mol. The van der Waals surface area contributed by atoms with E-state index >= 15 is 0 Å². The molecule has 1 aliphatic heterocycles. The van der Waals surface area contributed by atoms with Crippen LogP contribution in [-0.2, 0) is 0 Å². The van der Waals surface area contributed by atoms with Gasteiger partial charge in [-0.05, 0) is 43.2 Å². The summed E-state index contributed by atoms with van der Waals surface area (Å²) in [5.41, 5.74) is 7.24. The first-order chi connectivity index (χ1) is 9.29. The summed E-state index contributed by atoms with van der Waals surface area (Å²) >= 11 is 1.82. The molecule has 3 atom stereocenters. The Bertz CT molecular complexity index is 561. The second-order valence-corrected chi connectivity index (χ2v) is 6.97. The average Bonchev–Trinajstić information content (AvgIpc) is 3.00. The third-order valence-electron chi connectivity index (χ3n) is 4.64. The quantitative estimate of drug-likeness (QED) is 0.868. The summed E-state index contributed by atoms with van der Waals surface area (Å²) in [6, 6.07) is 8.85. The van der Waals surface area contributed by atoms with Crippen molar-refractivity contribution in [3.8, 4) is 0 Å². The molecule has 0 spiro atoms. The van der Waals surface area contributed by atoms with E-state index in [4.69, 9.17) is 10.7 Å². The van der Waals surface area contributed by atoms with Crippen LogP contribution in [0, 0.1) is 11.8 Å². The summed E-state index contributed by atoms with van der Waals surface area (Å²) in [5, 5.41) is 1.20. The Kier molecular flexibility index (Phi) is 2.74. The molecule has 3 nitrogen and oxygen atoms in total. The van der Waals surface area contributed by atoms with E-state index in [0.717, 1.165) is 23.9 Å². The van der Waals surface area contributed by atoms with E-state index in [0.29, 0.717) is 6.04 Å². The fourth-order valence-electron chi connectivity index (χ4n) is 3.62. The van der Waals surface area contributed by atoms with Gasteiger partial charge in [0, 0.05) is 19.1 Å². The summed E-state index contributed by atoms with van der Waals surface area (Å²) < 4.78 is 1.30. The van der Waals surface area contributed by atoms with Gasteiger partial charge in [-0.3, -0.25) is 0 Å². The van der Waals surface area contributed by atoms with E-state index < -0.39 is 0 Å². The third kappa shape index (κ3) is 2.03. The van der Waals surface area contributed by atoms with Crippen molar-refractivity contribution in [2.75, 3.05) is 18.0 Å². The molecule has 1 saturated heterocycles. The molecule has 2 aliphatic rings. The molecule has 2 fully saturated rings. The molecule has 4 heteroatoms. The maximum absolute atomic E-state index is 6.10. The van der Waals surface area contributed by atoms with Crippen LogP contribution < -0.4 is 10.6 Å². The minimum Gasteiger partial charge on any atom is -0.347 e. The lowest BCUT2D eigenvalue weighted by molar-refractivity contribution is 0.271. The molecule has 4 rings (SSSR count). The predicted octanol–water partition coefficient (Wildman–Crippen LogP) is 2.86. The summed E-state index contributed by atoms with van der Waals surface area (Å²) in [5.74, 6) is 1.63. The lowest BCUT2D eigenvalue weighted by atomic mass is 9.79. The number of thiazole rings is 1. The second-order valence-electron chi connectivity index (χ2n) is 5.96. The fraction of sp³-hybridized carbons (Fsp3) is 0.533. The second kappa shape index (κ2) is 4.46. The minimum absolute atomic E-state index is 0.427. The molecule has 0 radical (unpaired) electrons. The summed E-state index contributed by atoms with van der Waals surface area (Å²) in [6.45, 7) is 2.33. The average molecular weight is 273 g/mol. The van der Waals surface area contributed by atoms with E-state index in [1.165, 1.54) is 35.6 Å². The van der Waals surface area contributed by atoms with Crippen molar-refractivity contribution in [1.29, 1.82) is 0 Å². The minimum atomic E-state index is 0.427. The number of rotatable bonds is 1. The molecule has 2 N–H and O–H groups in total. The first-order valence-corrected chi connectivity index (χ1v) is 7.97. The number of hydrogen-bond acceptors (Lipinski definition) is 4. The van der Waals surface area contributed by atoms with Gasteiger partial charge in [0.15, 0.2) is 5.13 Å². The molecule has 2 heterocycles. The smallest absolute Gasteiger partial charge is 0.186 e. The number of nitrogens with zero attached hydrogens (tertiary/aromatic N) is 2. The van der Waals surface area contributed by atoms with Crippen molar-refractivity contribution in [3.05, 3.63) is 24.3 Å². The molecule has 2 aromatic rings. The van der Waals surface area contributed by atoms with Crippen molar-refractivity contribution in [2.45, 2.75) is 25.3 Å². The molecule has 1 saturated carbocycles. The van der Waals surface area contributed by atoms with Crippen LogP contribution >= 0.6 is 11.3 Å². The Hall–Kier alpha value is -1.13. The largest absolute Gasteiger partial charge is 0.347 e. The molecular formula is C15H19N3S. The Labute approximate surface area is 117 Å². The molecule has 1 unspecified atom stereocenters. The number of benzene rings is 1. The van der Waals surface area contributed by atoms with Crippen LogP contribution in [0.1, 0.15) is 19.3 Å². The number of hydrogen-bond donors (Lipinski definition) is 1. The Morgan fingerprint density at radius 1 is 1.16 bits per heavy atom. The molecule has 0 amide bonds. The Morgan fingerprint density at radius 3 is 2.89 bits per heavy atom. The van der Waals surface area contributed by atoms with E-state index in [2.05, 4.69) is 29.2 Å². The lowest BCUT2D eigenvalue weighted by Gasteiger charge is -2.27. The molecule has 19 heavy (non-hydrogen) atoms. The maximum atomic E-state index is 6.10. The molecule has 1 aromatic carbocycles. The number of para-hydroxylation sites is 1. The zero-order chi connectivity index (χ0) is 12.8. The number of aromatic nitrogens is 1. The van der Waals surface area contributed by atoms with Crippen LogP contribution in [0.2, 0.25) is 0 Å². The highest BCUT2D eigenvalue weighted by molar-refractivity contribution is 7.22. The van der Waals surface area contributed by atoms with Gasteiger partial charge in [0.05, 0.1) is 10.2 Å². The zero-order valence-electron chi connectivity index (χ0n) is 11.0. The van der Waals surface area contributed by atoms with Crippen molar-refractivity contribution >= 4 is 26.7 Å². The van der Waals surface area contributed by atoms with Crippen molar-refractivity contribution in [2.24, 2.45) is 17.6 Å². The normalized spacial score (nSPS) is 30.8. The molecule has 1 aliphatic carbocycles. The summed E-state index contributed by atoms with van der Waals surface area (Å²) in [4.78, 5) is 7.27. The van der Waals surface area contributed by atoms with Crippen molar-refractivity contribution in [1.82, 2.24) is 4.98 Å². The maximum Gasteiger partial charge on any atom is 0.186 e. The number of fused-ring (bicyclic) bond motifs is 2. The monoisotopic (exact) mass is 273 g/mol. The summed E-state index contributed by atoms with van der Waals surface area (Å²) in [6.07, 6.45) is 3.70. The highest BCUT2D eigenvalue weighted by atomic mass is 32.1. The first kappa shape index (κ1) is 11.7. The lowest BCUT2D eigenvalue weighted by Crippen LogP contribution is -2.32. The van der Waals surface area contributed by atoms with Gasteiger partial charge in [0.1, 0.15) is 0 Å². The Morgan fingerprint density at radius 2 is 2.00 bits per heavy atom. The number of anilines is 1. The van der Waals surface area contributed by atoms with Gasteiger partial charge in [-0.2, -0.15) is 0 Å². The van der Waals surface area contributed by atoms with E-state index in [1.54, 1.807) is 0 Å². The van der Waals surface area contributed by atoms with Crippen LogP contribution in [0.4, 0.5) is 5.13 Å². The van der Waals surface area contributed by atoms with Gasteiger partial charge >= 0.3 is 0 Å². The standard InChI is InChI=1S/C15H19N3S/c16-12-6-5-10-8-18(9-11(10)7-12)15-17-13-3-1-2-4-14(13)19-15/h1-4,10-12H,5-9,16H2/t10-,11+,12?/m1/s1. The van der Waals surface area contributed by atoms with E-state index in [-0.39, 0.29) is 0 Å². The van der Waals surface area contributed by atoms with Crippen molar-refractivity contribution in [3.63, 3.8) is 0 Å². The number of nitrogens with two attached hydrogens (primary N) is 1. The van der Waals surface area contributed by atoms with Gasteiger partial charge in [0.25, 0.3) is 0 Å². The van der Waals surface area contributed by atoms with E-state index in [1.807, 2.05) is 11.3 Å². The first-order valence-electron chi connectivity index (χ1n) is 7.16. The molecule has 100 valence electrons. The molecule has 1 aromatic heterocycles. The fourth-order valence-corrected chi connectivity index (χ4v) is 4.60. The summed E-state index contributed by atoms with van der Waals surface area (Å²) in [7, 11) is 0. The molecule has 0 bridgehead atoms. The highest BCUT2D eigenvalue weighted by Crippen LogP contribution is 2.39. The van der Waals surface area contributed by atoms with E-state index in [9.17, 15) is 0 Å². The van der Waals surface area contributed by atoms with Gasteiger partial charge < -0.3 is 10.6 Å². The Balaban J connectivity index is 1.60. The zero-order valence-corrected chi connectivity index (χ0v) is 11.8. The van der Waals surface area contributed by atoms with Crippen LogP contribution in [0.3, 0.4) is 0 Å². The van der Waals surface area contributed by atoms with Crippen LogP contribution in [0.5, 0.6) is 0 Å². The predicted molar refractivity (Wildman–Crippen MR) is 80.6 cm³/mol. The van der Waals surface area contributed by atoms with Gasteiger partial charge in [0.2, 0.25) is 0 Å². The SMILES string of the molecule is NC1CC[C@@H]2CN(c3nc4ccccc4s3)C[C@@H]2C1. The van der Waals surface area contributed by atoms with Gasteiger partial charge in [-0.1, -0.05) is 23.5 Å². The van der Waals surface area contributed by atoms with Crippen LogP contribution in [0.15, 0.2) is 24.3 Å². The van der Waals surface area contributed by atoms with Gasteiger partial charge in [-0.15, -0.1) is 0 Å². The van der Waals surface area contributed by atoms with Crippen molar-refractivity contribution < 1.29 is 0 Å². The highest BCUT2D eigenvalue weighted by Gasteiger charge is 2.37. The van der Waals surface area contributed by atoms with Crippen LogP contribution in [0.25, 0.3) is 10.2 Å².